The molecule has 0 aliphatic heterocycles. The summed E-state index contributed by atoms with van der Waals surface area (Å²) >= 11 is 0. The van der Waals surface area contributed by atoms with E-state index in [1.807, 2.05) is 42.6 Å². The van der Waals surface area contributed by atoms with E-state index in [0.717, 1.165) is 36.2 Å². The Hall–Kier alpha value is -3.83. The van der Waals surface area contributed by atoms with E-state index < -0.39 is 0 Å². The summed E-state index contributed by atoms with van der Waals surface area (Å²) in [5.74, 6) is 0.248. The van der Waals surface area contributed by atoms with Crippen LogP contribution in [0, 0.1) is 0 Å². The number of aromatic amines is 1. The molecule has 37 heavy (non-hydrogen) atoms. The van der Waals surface area contributed by atoms with Crippen LogP contribution in [0.2, 0.25) is 0 Å². The van der Waals surface area contributed by atoms with Crippen LogP contribution in [-0.2, 0) is 11.3 Å². The molecule has 4 rings (SSSR count). The van der Waals surface area contributed by atoms with Gasteiger partial charge < -0.3 is 15.8 Å². The number of carbonyl (C=O) groups is 1. The molecule has 0 unspecified atom stereocenters. The topological polar surface area (TPSA) is 130 Å². The first-order chi connectivity index (χ1) is 18.0. The van der Waals surface area contributed by atoms with Crippen molar-refractivity contribution < 1.29 is 9.53 Å². The van der Waals surface area contributed by atoms with Crippen LogP contribution in [0.4, 0.5) is 0 Å². The van der Waals surface area contributed by atoms with Crippen LogP contribution in [0.5, 0.6) is 0 Å². The first-order valence-electron chi connectivity index (χ1n) is 12.2. The predicted molar refractivity (Wildman–Crippen MR) is 144 cm³/mol. The molecule has 0 aliphatic rings. The summed E-state index contributed by atoms with van der Waals surface area (Å²) in [6.45, 7) is 3.40. The molecule has 10 nitrogen and oxygen atoms in total. The van der Waals surface area contributed by atoms with Crippen LogP contribution in [-0.4, -0.2) is 65.7 Å². The van der Waals surface area contributed by atoms with E-state index in [4.69, 9.17) is 10.5 Å². The lowest BCUT2D eigenvalue weighted by Crippen LogP contribution is -2.41. The Bertz CT molecular complexity index is 1380. The Morgan fingerprint density at radius 3 is 2.54 bits per heavy atom. The van der Waals surface area contributed by atoms with Crippen LogP contribution in [0.15, 0.2) is 65.7 Å². The summed E-state index contributed by atoms with van der Waals surface area (Å²) in [6.07, 6.45) is 4.59. The predicted octanol–water partition coefficient (Wildman–Crippen LogP) is 2.02. The van der Waals surface area contributed by atoms with E-state index in [2.05, 4.69) is 20.7 Å². The van der Waals surface area contributed by atoms with Gasteiger partial charge in [0, 0.05) is 50.8 Å². The quantitative estimate of drug-likeness (QED) is 0.172. The Labute approximate surface area is 215 Å². The second kappa shape index (κ2) is 12.4. The molecule has 0 spiro atoms. The summed E-state index contributed by atoms with van der Waals surface area (Å²) in [4.78, 5) is 32.7. The van der Waals surface area contributed by atoms with Crippen molar-refractivity contribution in [2.45, 2.75) is 13.0 Å². The number of imidazole rings is 1. The van der Waals surface area contributed by atoms with E-state index in [-0.39, 0.29) is 11.5 Å². The van der Waals surface area contributed by atoms with Crippen molar-refractivity contribution >= 4 is 11.7 Å². The van der Waals surface area contributed by atoms with Gasteiger partial charge >= 0.3 is 0 Å². The Kier molecular flexibility index (Phi) is 8.81. The van der Waals surface area contributed by atoms with Crippen molar-refractivity contribution in [3.05, 3.63) is 82.4 Å². The molecule has 0 saturated heterocycles. The number of hydrogen-bond acceptors (Lipinski definition) is 7. The Balaban J connectivity index is 1.48. The zero-order valence-corrected chi connectivity index (χ0v) is 21.2. The van der Waals surface area contributed by atoms with Crippen LogP contribution in [0.3, 0.4) is 0 Å². The molecule has 0 bridgehead atoms. The first kappa shape index (κ1) is 26.2. The van der Waals surface area contributed by atoms with E-state index in [9.17, 15) is 9.59 Å². The molecule has 0 aliphatic carbocycles. The fourth-order valence-corrected chi connectivity index (χ4v) is 3.87. The minimum Gasteiger partial charge on any atom is -0.383 e. The van der Waals surface area contributed by atoms with E-state index >= 15 is 0 Å². The fraction of sp³-hybridized carbons (Fsp3) is 0.296. The van der Waals surface area contributed by atoms with Gasteiger partial charge in [-0.05, 0) is 42.8 Å². The summed E-state index contributed by atoms with van der Waals surface area (Å²) in [6, 6.07) is 15.1. The van der Waals surface area contributed by atoms with Crippen molar-refractivity contribution in [1.82, 2.24) is 30.1 Å². The number of hydrogen-bond donors (Lipinski definition) is 4. The van der Waals surface area contributed by atoms with E-state index in [0.29, 0.717) is 42.3 Å². The van der Waals surface area contributed by atoms with Gasteiger partial charge in [0.05, 0.1) is 17.9 Å². The number of rotatable bonds is 12. The first-order valence-corrected chi connectivity index (χ1v) is 12.2. The molecule has 1 amide bonds. The maximum atomic E-state index is 12.8. The number of hydrazine groups is 1. The number of ether oxygens (including phenoxy) is 1. The second-order valence-corrected chi connectivity index (χ2v) is 8.80. The molecule has 0 saturated carbocycles. The average molecular weight is 504 g/mol. The number of benzene rings is 2. The van der Waals surface area contributed by atoms with Crippen molar-refractivity contribution in [1.29, 1.82) is 0 Å². The van der Waals surface area contributed by atoms with Crippen LogP contribution >= 0.6 is 0 Å². The largest absolute Gasteiger partial charge is 0.383 e. The van der Waals surface area contributed by atoms with Gasteiger partial charge in [0.1, 0.15) is 0 Å². The molecular formula is C27H33N7O3. The number of H-pyrrole nitrogens is 1. The lowest BCUT2D eigenvalue weighted by atomic mass is 10.1. The third-order valence-corrected chi connectivity index (χ3v) is 5.99. The Morgan fingerprint density at radius 1 is 1.11 bits per heavy atom. The average Bonchev–Trinajstić information content (AvgIpc) is 3.33. The number of nitrogens with two attached hydrogens (primary N) is 1. The van der Waals surface area contributed by atoms with Crippen LogP contribution in [0.25, 0.3) is 28.2 Å². The van der Waals surface area contributed by atoms with Gasteiger partial charge in [-0.1, -0.05) is 36.4 Å². The van der Waals surface area contributed by atoms with Gasteiger partial charge in [0.15, 0.2) is 0 Å². The van der Waals surface area contributed by atoms with Gasteiger partial charge in [-0.2, -0.15) is 0 Å². The third kappa shape index (κ3) is 6.69. The minimum atomic E-state index is -0.205. The smallest absolute Gasteiger partial charge is 0.265 e. The molecule has 0 radical (unpaired) electrons. The number of fused-ring (bicyclic) bond motifs is 1. The number of nitrogens with one attached hydrogen (secondary N) is 3. The number of nitrogens with zero attached hydrogens (tertiary/aromatic N) is 3. The summed E-state index contributed by atoms with van der Waals surface area (Å²) in [5, 5.41) is 5.04. The highest BCUT2D eigenvalue weighted by Crippen LogP contribution is 2.21. The summed E-state index contributed by atoms with van der Waals surface area (Å²) < 4.78 is 6.83. The zero-order chi connectivity index (χ0) is 26.2. The summed E-state index contributed by atoms with van der Waals surface area (Å²) in [5.41, 5.74) is 12.7. The highest BCUT2D eigenvalue weighted by atomic mass is 16.5. The highest BCUT2D eigenvalue weighted by molar-refractivity contribution is 5.94. The standard InChI is InChI=1S/C27H33N7O3/c1-33(14-15-37-2)32-25(35)22-10-8-21(9-11-22)24-18-34-17-23(26(36)31-27(34)30-24)20-6-4-19(5-7-20)16-29-13-3-12-28/h4-11,17-18,29H,3,12-16,28H2,1-2H3,(H,32,35)(H,30,31,36). The maximum absolute atomic E-state index is 12.8. The molecule has 2 aromatic heterocycles. The third-order valence-electron chi connectivity index (χ3n) is 5.99. The van der Waals surface area contributed by atoms with Gasteiger partial charge in [-0.15, -0.1) is 0 Å². The number of amides is 1. The molecule has 0 atom stereocenters. The van der Waals surface area contributed by atoms with E-state index in [1.165, 1.54) is 0 Å². The van der Waals surface area contributed by atoms with Gasteiger partial charge in [0.2, 0.25) is 5.78 Å². The SMILES string of the molecule is COCCN(C)NC(=O)c1ccc(-c2cn3cc(-c4ccc(CNCCCN)cc4)c(=O)[nH]c3n2)cc1. The number of aromatic nitrogens is 3. The highest BCUT2D eigenvalue weighted by Gasteiger charge is 2.12. The number of carbonyl (C=O) groups excluding carboxylic acids is 1. The number of likely N-dealkylation sites (N-methyl/N-ethyl adjacent to an activating group) is 1. The lowest BCUT2D eigenvalue weighted by molar-refractivity contribution is 0.0776. The maximum Gasteiger partial charge on any atom is 0.265 e. The van der Waals surface area contributed by atoms with Gasteiger partial charge in [-0.3, -0.25) is 24.4 Å². The van der Waals surface area contributed by atoms with Crippen molar-refractivity contribution in [3.8, 4) is 22.4 Å². The minimum absolute atomic E-state index is 0.202. The molecule has 10 heteroatoms. The molecular weight excluding hydrogens is 470 g/mol. The zero-order valence-electron chi connectivity index (χ0n) is 21.2. The summed E-state index contributed by atoms with van der Waals surface area (Å²) in [7, 11) is 3.40. The monoisotopic (exact) mass is 503 g/mol. The van der Waals surface area contributed by atoms with Crippen molar-refractivity contribution in [2.75, 3.05) is 40.4 Å². The van der Waals surface area contributed by atoms with Crippen LogP contribution in [0.1, 0.15) is 22.3 Å². The normalized spacial score (nSPS) is 11.4. The van der Waals surface area contributed by atoms with Crippen LogP contribution < -0.4 is 22.0 Å². The fourth-order valence-electron chi connectivity index (χ4n) is 3.87. The number of methoxy groups -OCH3 is 1. The van der Waals surface area contributed by atoms with Crippen molar-refractivity contribution in [2.24, 2.45) is 5.73 Å². The molecule has 2 heterocycles. The molecule has 2 aromatic carbocycles. The second-order valence-electron chi connectivity index (χ2n) is 8.80. The molecule has 194 valence electrons. The van der Waals surface area contributed by atoms with Gasteiger partial charge in [0.25, 0.3) is 11.5 Å². The van der Waals surface area contributed by atoms with Crippen molar-refractivity contribution in [3.63, 3.8) is 0 Å². The lowest BCUT2D eigenvalue weighted by Gasteiger charge is -2.17. The Morgan fingerprint density at radius 2 is 1.84 bits per heavy atom. The van der Waals surface area contributed by atoms with E-state index in [1.54, 1.807) is 41.9 Å². The molecule has 4 aromatic rings. The molecule has 5 N–H and O–H groups in total. The molecule has 0 fully saturated rings. The van der Waals surface area contributed by atoms with Gasteiger partial charge in [-0.25, -0.2) is 9.99 Å².